The number of hydrogen-bond donors (Lipinski definition) is 1. The number of amides is 1. The second-order valence-electron chi connectivity index (χ2n) is 9.77. The minimum Gasteiger partial charge on any atom is -0.356 e. The van der Waals surface area contributed by atoms with Gasteiger partial charge in [-0.25, -0.2) is 0 Å². The number of ketones is 2. The molecule has 0 fully saturated rings. The maximum atomic E-state index is 11.8. The molecule has 158 valence electrons. The number of unbranched alkanes of at least 4 members (excludes halogenated alkanes) is 7. The molecule has 4 nitrogen and oxygen atoms in total. The van der Waals surface area contributed by atoms with Crippen LogP contribution in [0, 0.1) is 10.8 Å². The Morgan fingerprint density at radius 2 is 0.926 bits per heavy atom. The predicted octanol–water partition coefficient (Wildman–Crippen LogP) is 5.62. The van der Waals surface area contributed by atoms with Gasteiger partial charge >= 0.3 is 0 Å². The van der Waals surface area contributed by atoms with Crippen LogP contribution in [0.3, 0.4) is 0 Å². The highest BCUT2D eigenvalue weighted by Gasteiger charge is 2.20. The molecule has 4 heteroatoms. The van der Waals surface area contributed by atoms with Crippen LogP contribution in [0.25, 0.3) is 0 Å². The van der Waals surface area contributed by atoms with E-state index in [4.69, 9.17) is 0 Å². The molecule has 1 N–H and O–H groups in total. The largest absolute Gasteiger partial charge is 0.356 e. The second-order valence-corrected chi connectivity index (χ2v) is 9.77. The SMILES string of the molecule is CC(C)(C)C(=O)CCCCCCCCCCC(=O)NCCC(=O)C(C)(C)C. The summed E-state index contributed by atoms with van der Waals surface area (Å²) in [6.45, 7) is 12.1. The van der Waals surface area contributed by atoms with Gasteiger partial charge in [0.15, 0.2) is 0 Å². The molecule has 0 saturated carbocycles. The fraction of sp³-hybridized carbons (Fsp3) is 0.870. The smallest absolute Gasteiger partial charge is 0.220 e. The number of carbonyl (C=O) groups is 3. The van der Waals surface area contributed by atoms with E-state index in [-0.39, 0.29) is 22.5 Å². The lowest BCUT2D eigenvalue weighted by Crippen LogP contribution is -2.29. The lowest BCUT2D eigenvalue weighted by molar-refractivity contribution is -0.127. The van der Waals surface area contributed by atoms with Gasteiger partial charge in [0.25, 0.3) is 0 Å². The van der Waals surface area contributed by atoms with E-state index in [9.17, 15) is 14.4 Å². The monoisotopic (exact) mass is 381 g/mol. The molecule has 0 aromatic rings. The van der Waals surface area contributed by atoms with Crippen LogP contribution in [-0.2, 0) is 14.4 Å². The minimum atomic E-state index is -0.327. The van der Waals surface area contributed by atoms with E-state index in [1.807, 2.05) is 41.5 Å². The molecule has 0 aliphatic rings. The lowest BCUT2D eigenvalue weighted by Gasteiger charge is -2.16. The zero-order chi connectivity index (χ0) is 20.9. The Morgan fingerprint density at radius 3 is 1.37 bits per heavy atom. The topological polar surface area (TPSA) is 63.2 Å². The Morgan fingerprint density at radius 1 is 0.556 bits per heavy atom. The second kappa shape index (κ2) is 13.1. The van der Waals surface area contributed by atoms with E-state index in [2.05, 4.69) is 5.32 Å². The van der Waals surface area contributed by atoms with Gasteiger partial charge in [0.1, 0.15) is 11.6 Å². The molecular weight excluding hydrogens is 338 g/mol. The molecule has 0 aliphatic carbocycles. The van der Waals surface area contributed by atoms with Crippen molar-refractivity contribution in [2.75, 3.05) is 6.54 Å². The third-order valence-corrected chi connectivity index (χ3v) is 4.90. The normalized spacial score (nSPS) is 12.1. The third kappa shape index (κ3) is 14.5. The van der Waals surface area contributed by atoms with Crippen LogP contribution in [0.4, 0.5) is 0 Å². The highest BCUT2D eigenvalue weighted by atomic mass is 16.2. The van der Waals surface area contributed by atoms with Crippen LogP contribution in [-0.4, -0.2) is 24.0 Å². The Bertz CT molecular complexity index is 455. The Hall–Kier alpha value is -1.19. The Kier molecular flexibility index (Phi) is 12.5. The fourth-order valence-corrected chi connectivity index (χ4v) is 2.79. The predicted molar refractivity (Wildman–Crippen MR) is 113 cm³/mol. The van der Waals surface area contributed by atoms with Gasteiger partial charge in [0.05, 0.1) is 0 Å². The number of rotatable bonds is 14. The standard InChI is InChI=1S/C23H43NO3/c1-22(2,3)19(25)15-13-11-9-7-8-10-12-14-16-21(27)24-18-17-20(26)23(4,5)6/h7-18H2,1-6H3,(H,24,27). The van der Waals surface area contributed by atoms with E-state index in [1.54, 1.807) is 0 Å². The summed E-state index contributed by atoms with van der Waals surface area (Å²) in [4.78, 5) is 35.4. The number of carbonyl (C=O) groups excluding carboxylic acids is 3. The average Bonchev–Trinajstić information content (AvgIpc) is 2.54. The Labute approximate surface area is 167 Å². The highest BCUT2D eigenvalue weighted by Crippen LogP contribution is 2.19. The van der Waals surface area contributed by atoms with Gasteiger partial charge in [-0.05, 0) is 12.8 Å². The summed E-state index contributed by atoms with van der Waals surface area (Å²) < 4.78 is 0. The first-order chi connectivity index (χ1) is 12.4. The first kappa shape index (κ1) is 25.8. The van der Waals surface area contributed by atoms with Crippen LogP contribution >= 0.6 is 0 Å². The molecule has 1 amide bonds. The van der Waals surface area contributed by atoms with Crippen LogP contribution in [0.5, 0.6) is 0 Å². The van der Waals surface area contributed by atoms with Crippen molar-refractivity contribution in [3.8, 4) is 0 Å². The van der Waals surface area contributed by atoms with E-state index in [0.717, 1.165) is 32.1 Å². The van der Waals surface area contributed by atoms with Crippen LogP contribution < -0.4 is 5.32 Å². The molecule has 0 aromatic carbocycles. The van der Waals surface area contributed by atoms with Crippen LogP contribution in [0.15, 0.2) is 0 Å². The zero-order valence-corrected chi connectivity index (χ0v) is 18.7. The number of Topliss-reactive ketones (excluding diaryl/α,β-unsaturated/α-hetero) is 2. The molecule has 0 spiro atoms. The minimum absolute atomic E-state index is 0.0558. The third-order valence-electron chi connectivity index (χ3n) is 4.90. The van der Waals surface area contributed by atoms with Gasteiger partial charge in [0.2, 0.25) is 5.91 Å². The molecular formula is C23H43NO3. The summed E-state index contributed by atoms with van der Waals surface area (Å²) in [6.07, 6.45) is 10.6. The molecule has 0 aliphatic heterocycles. The molecule has 0 rings (SSSR count). The molecule has 0 saturated heterocycles. The van der Waals surface area contributed by atoms with Gasteiger partial charge in [-0.3, -0.25) is 14.4 Å². The van der Waals surface area contributed by atoms with Gasteiger partial charge < -0.3 is 5.32 Å². The lowest BCUT2D eigenvalue weighted by atomic mass is 9.88. The molecule has 0 heterocycles. The van der Waals surface area contributed by atoms with Gasteiger partial charge in [-0.15, -0.1) is 0 Å². The summed E-state index contributed by atoms with van der Waals surface area (Å²) in [5.41, 5.74) is -0.527. The van der Waals surface area contributed by atoms with Crippen molar-refractivity contribution >= 4 is 17.5 Å². The quantitative estimate of drug-likeness (QED) is 0.397. The summed E-state index contributed by atoms with van der Waals surface area (Å²) in [7, 11) is 0. The molecule has 0 aromatic heterocycles. The average molecular weight is 382 g/mol. The first-order valence-corrected chi connectivity index (χ1v) is 10.8. The van der Waals surface area contributed by atoms with Crippen molar-refractivity contribution in [2.24, 2.45) is 10.8 Å². The fourth-order valence-electron chi connectivity index (χ4n) is 2.79. The molecule has 0 bridgehead atoms. The van der Waals surface area contributed by atoms with E-state index in [0.29, 0.717) is 31.6 Å². The van der Waals surface area contributed by atoms with Crippen molar-refractivity contribution in [1.82, 2.24) is 5.32 Å². The van der Waals surface area contributed by atoms with Gasteiger partial charge in [0, 0.05) is 36.6 Å². The van der Waals surface area contributed by atoms with E-state index < -0.39 is 0 Å². The van der Waals surface area contributed by atoms with Crippen LogP contribution in [0.1, 0.15) is 112 Å². The summed E-state index contributed by atoms with van der Waals surface area (Å²) in [6, 6.07) is 0. The van der Waals surface area contributed by atoms with Crippen molar-refractivity contribution in [3.63, 3.8) is 0 Å². The zero-order valence-electron chi connectivity index (χ0n) is 18.7. The Balaban J connectivity index is 3.45. The van der Waals surface area contributed by atoms with Crippen LogP contribution in [0.2, 0.25) is 0 Å². The maximum absolute atomic E-state index is 11.8. The van der Waals surface area contributed by atoms with Gasteiger partial charge in [-0.2, -0.15) is 0 Å². The molecule has 0 atom stereocenters. The number of nitrogens with one attached hydrogen (secondary N) is 1. The summed E-state index contributed by atoms with van der Waals surface area (Å²) in [5, 5.41) is 2.84. The summed E-state index contributed by atoms with van der Waals surface area (Å²) >= 11 is 0. The van der Waals surface area contributed by atoms with Crippen molar-refractivity contribution in [3.05, 3.63) is 0 Å². The van der Waals surface area contributed by atoms with Crippen molar-refractivity contribution < 1.29 is 14.4 Å². The highest BCUT2D eigenvalue weighted by molar-refractivity contribution is 5.84. The van der Waals surface area contributed by atoms with E-state index in [1.165, 1.54) is 19.3 Å². The summed E-state index contributed by atoms with van der Waals surface area (Å²) in [5.74, 6) is 0.606. The number of hydrogen-bond acceptors (Lipinski definition) is 3. The molecule has 27 heavy (non-hydrogen) atoms. The van der Waals surface area contributed by atoms with Crippen molar-refractivity contribution in [2.45, 2.75) is 112 Å². The maximum Gasteiger partial charge on any atom is 0.220 e. The molecule has 0 unspecified atom stereocenters. The van der Waals surface area contributed by atoms with Gasteiger partial charge in [-0.1, -0.05) is 80.1 Å². The first-order valence-electron chi connectivity index (χ1n) is 10.8. The molecule has 0 radical (unpaired) electrons. The van der Waals surface area contributed by atoms with Crippen molar-refractivity contribution in [1.29, 1.82) is 0 Å². The van der Waals surface area contributed by atoms with E-state index >= 15 is 0 Å².